The van der Waals surface area contributed by atoms with E-state index in [4.69, 9.17) is 4.74 Å². The van der Waals surface area contributed by atoms with Crippen LogP contribution in [-0.4, -0.2) is 60.4 Å². The Kier molecular flexibility index (Phi) is 6.43. The molecular formula is C18H25F3N2O5S. The maximum Gasteiger partial charge on any atom is 0.410 e. The normalized spacial score (nSPS) is 22.0. The average Bonchev–Trinajstić information content (AvgIpc) is 2.81. The third kappa shape index (κ3) is 5.53. The highest BCUT2D eigenvalue weighted by atomic mass is 32.2. The number of carbonyl (C=O) groups is 1. The number of benzene rings is 1. The number of phenols is 1. The molecule has 0 spiro atoms. The average molecular weight is 438 g/mol. The fraction of sp³-hybridized carbons (Fsp3) is 0.611. The molecule has 1 saturated heterocycles. The molecule has 1 aromatic carbocycles. The molecule has 0 aliphatic carbocycles. The van der Waals surface area contributed by atoms with Gasteiger partial charge in [0.1, 0.15) is 11.6 Å². The zero-order chi connectivity index (χ0) is 22.2. The molecule has 1 aromatic rings. The Bertz CT molecular complexity index is 871. The van der Waals surface area contributed by atoms with E-state index in [1.165, 1.54) is 19.1 Å². The molecule has 29 heavy (non-hydrogen) atoms. The molecule has 2 N–H and O–H groups in total. The Balaban J connectivity index is 2.47. The number of alkyl halides is 2. The van der Waals surface area contributed by atoms with Crippen molar-refractivity contribution in [3.63, 3.8) is 0 Å². The van der Waals surface area contributed by atoms with Crippen molar-refractivity contribution >= 4 is 16.1 Å². The number of hydrogen-bond acceptors (Lipinski definition) is 5. The van der Waals surface area contributed by atoms with E-state index in [9.17, 15) is 31.5 Å². The number of carbonyl (C=O) groups excluding carboxylic acids is 1. The van der Waals surface area contributed by atoms with Crippen molar-refractivity contribution in [1.29, 1.82) is 0 Å². The van der Waals surface area contributed by atoms with Crippen LogP contribution in [0.25, 0.3) is 0 Å². The Labute approximate surface area is 167 Å². The van der Waals surface area contributed by atoms with Crippen LogP contribution >= 0.6 is 0 Å². The fourth-order valence-corrected chi connectivity index (χ4v) is 3.93. The summed E-state index contributed by atoms with van der Waals surface area (Å²) in [6.45, 7) is 4.86. The number of rotatable bonds is 5. The molecule has 1 heterocycles. The number of nitrogens with zero attached hydrogens (tertiary/aromatic N) is 1. The molecule has 1 aliphatic heterocycles. The summed E-state index contributed by atoms with van der Waals surface area (Å²) in [6, 6.07) is 0.262. The minimum Gasteiger partial charge on any atom is -0.505 e. The van der Waals surface area contributed by atoms with Gasteiger partial charge in [0.05, 0.1) is 18.3 Å². The second kappa shape index (κ2) is 8.02. The molecular weight excluding hydrogens is 413 g/mol. The molecule has 1 aliphatic rings. The van der Waals surface area contributed by atoms with Gasteiger partial charge in [-0.05, 0) is 45.7 Å². The third-order valence-electron chi connectivity index (χ3n) is 4.42. The van der Waals surface area contributed by atoms with Gasteiger partial charge in [-0.3, -0.25) is 4.90 Å². The number of amides is 1. The number of halogens is 3. The first-order valence-electron chi connectivity index (χ1n) is 9.00. The number of phenolic OH excluding ortho intramolecular Hbond substituents is 1. The summed E-state index contributed by atoms with van der Waals surface area (Å²) in [7, 11) is -4.05. The lowest BCUT2D eigenvalue weighted by Crippen LogP contribution is -2.53. The maximum absolute atomic E-state index is 14.7. The van der Waals surface area contributed by atoms with E-state index in [-0.39, 0.29) is 5.56 Å². The predicted octanol–water partition coefficient (Wildman–Crippen LogP) is 2.64. The lowest BCUT2D eigenvalue weighted by molar-refractivity contribution is -0.0122. The molecule has 0 unspecified atom stereocenters. The van der Waals surface area contributed by atoms with Crippen LogP contribution in [0, 0.1) is 5.82 Å². The Morgan fingerprint density at radius 3 is 2.55 bits per heavy atom. The number of aromatic hydroxyl groups is 1. The van der Waals surface area contributed by atoms with Gasteiger partial charge in [-0.25, -0.2) is 31.1 Å². The summed E-state index contributed by atoms with van der Waals surface area (Å²) in [5, 5.41) is 9.56. The van der Waals surface area contributed by atoms with Crippen molar-refractivity contribution in [2.45, 2.75) is 57.7 Å². The van der Waals surface area contributed by atoms with Gasteiger partial charge in [0.25, 0.3) is 5.92 Å². The van der Waals surface area contributed by atoms with Crippen LogP contribution in [0.15, 0.2) is 18.2 Å². The predicted molar refractivity (Wildman–Crippen MR) is 99.8 cm³/mol. The molecule has 2 atom stereocenters. The summed E-state index contributed by atoms with van der Waals surface area (Å²) in [5.41, 5.74) is -1.12. The number of nitrogens with one attached hydrogen (secondary N) is 1. The number of sulfonamides is 1. The van der Waals surface area contributed by atoms with Crippen molar-refractivity contribution in [2.24, 2.45) is 0 Å². The molecule has 0 radical (unpaired) electrons. The molecule has 1 fully saturated rings. The van der Waals surface area contributed by atoms with Crippen LogP contribution < -0.4 is 4.72 Å². The highest BCUT2D eigenvalue weighted by Gasteiger charge is 2.57. The van der Waals surface area contributed by atoms with Gasteiger partial charge in [-0.1, -0.05) is 12.1 Å². The van der Waals surface area contributed by atoms with E-state index < -0.39 is 70.0 Å². The summed E-state index contributed by atoms with van der Waals surface area (Å²) in [5.74, 6) is -5.76. The van der Waals surface area contributed by atoms with Gasteiger partial charge in [0.15, 0.2) is 11.6 Å². The first kappa shape index (κ1) is 23.3. The summed E-state index contributed by atoms with van der Waals surface area (Å²) in [6.07, 6.45) is -1.52. The van der Waals surface area contributed by atoms with Gasteiger partial charge >= 0.3 is 6.09 Å². The second-order valence-electron chi connectivity index (χ2n) is 7.89. The van der Waals surface area contributed by atoms with Gasteiger partial charge in [0.2, 0.25) is 10.0 Å². The molecule has 0 saturated carbocycles. The first-order chi connectivity index (χ1) is 13.2. The Morgan fingerprint density at radius 1 is 1.38 bits per heavy atom. The van der Waals surface area contributed by atoms with Gasteiger partial charge < -0.3 is 9.84 Å². The number of ether oxygens (including phenoxy) is 1. The van der Waals surface area contributed by atoms with Crippen molar-refractivity contribution in [2.75, 3.05) is 12.3 Å². The van der Waals surface area contributed by atoms with Crippen LogP contribution in [0.5, 0.6) is 5.75 Å². The molecule has 164 valence electrons. The van der Waals surface area contributed by atoms with Crippen molar-refractivity contribution in [3.05, 3.63) is 29.6 Å². The van der Waals surface area contributed by atoms with Crippen LogP contribution in [0.2, 0.25) is 0 Å². The smallest absolute Gasteiger partial charge is 0.410 e. The van der Waals surface area contributed by atoms with Gasteiger partial charge in [0, 0.05) is 0 Å². The molecule has 0 aromatic heterocycles. The summed E-state index contributed by atoms with van der Waals surface area (Å²) >= 11 is 0. The fourth-order valence-electron chi connectivity index (χ4n) is 3.04. The monoisotopic (exact) mass is 438 g/mol. The van der Waals surface area contributed by atoms with Crippen molar-refractivity contribution in [1.82, 2.24) is 9.62 Å². The lowest BCUT2D eigenvalue weighted by Gasteiger charge is -2.30. The van der Waals surface area contributed by atoms with E-state index >= 15 is 0 Å². The van der Waals surface area contributed by atoms with Crippen molar-refractivity contribution in [3.8, 4) is 5.75 Å². The van der Waals surface area contributed by atoms with E-state index in [0.717, 1.165) is 6.07 Å². The van der Waals surface area contributed by atoms with Crippen molar-refractivity contribution < 1.29 is 36.2 Å². The quantitative estimate of drug-likeness (QED) is 0.737. The zero-order valence-electron chi connectivity index (χ0n) is 16.6. The van der Waals surface area contributed by atoms with Crippen LogP contribution in [0.4, 0.5) is 18.0 Å². The minimum atomic E-state index is -4.05. The minimum absolute atomic E-state index is 0.137. The molecule has 1 amide bonds. The largest absolute Gasteiger partial charge is 0.505 e. The molecule has 0 bridgehead atoms. The lowest BCUT2D eigenvalue weighted by atomic mass is 9.98. The highest BCUT2D eigenvalue weighted by molar-refractivity contribution is 7.89. The summed E-state index contributed by atoms with van der Waals surface area (Å²) < 4.78 is 74.8. The van der Waals surface area contributed by atoms with E-state index in [1.54, 1.807) is 20.8 Å². The maximum atomic E-state index is 14.7. The standard InChI is InChI=1S/C18H25F3N2O5S/c1-5-29(26,27)22-15-12(9-11-7-6-8-13(24)14(11)19)23(10-18(15,20)21)16(25)28-17(2,3)4/h6-8,12,15,22,24H,5,9-10H2,1-4H3/t12-,15+/m0/s1. The van der Waals surface area contributed by atoms with Crippen LogP contribution in [0.3, 0.4) is 0 Å². The molecule has 2 rings (SSSR count). The zero-order valence-corrected chi connectivity index (χ0v) is 17.4. The van der Waals surface area contributed by atoms with Crippen LogP contribution in [0.1, 0.15) is 33.3 Å². The van der Waals surface area contributed by atoms with Gasteiger partial charge in [-0.2, -0.15) is 0 Å². The Morgan fingerprint density at radius 2 is 2.00 bits per heavy atom. The van der Waals surface area contributed by atoms with E-state index in [1.807, 2.05) is 4.72 Å². The summed E-state index contributed by atoms with van der Waals surface area (Å²) in [4.78, 5) is 13.2. The SMILES string of the molecule is CCS(=O)(=O)N[C@@H]1[C@H](Cc2cccc(O)c2F)N(C(=O)OC(C)(C)C)CC1(F)F. The van der Waals surface area contributed by atoms with Gasteiger partial charge in [-0.15, -0.1) is 0 Å². The Hall–Kier alpha value is -2.01. The number of hydrogen-bond donors (Lipinski definition) is 2. The highest BCUT2D eigenvalue weighted by Crippen LogP contribution is 2.36. The van der Waals surface area contributed by atoms with Crippen LogP contribution in [-0.2, 0) is 21.2 Å². The molecule has 11 heteroatoms. The number of likely N-dealkylation sites (tertiary alicyclic amines) is 1. The first-order valence-corrected chi connectivity index (χ1v) is 10.7. The third-order valence-corrected chi connectivity index (χ3v) is 5.80. The second-order valence-corrected chi connectivity index (χ2v) is 9.93. The van der Waals surface area contributed by atoms with E-state index in [0.29, 0.717) is 4.90 Å². The topological polar surface area (TPSA) is 95.9 Å². The molecule has 7 nitrogen and oxygen atoms in total. The van der Waals surface area contributed by atoms with E-state index in [2.05, 4.69) is 0 Å².